The Bertz CT molecular complexity index is 531. The third-order valence-electron chi connectivity index (χ3n) is 4.31. The highest BCUT2D eigenvalue weighted by molar-refractivity contribution is 5.75. The number of amides is 2. The van der Waals surface area contributed by atoms with Crippen LogP contribution in [-0.2, 0) is 6.42 Å². The molecule has 1 aromatic carbocycles. The third kappa shape index (κ3) is 3.18. The van der Waals surface area contributed by atoms with Crippen molar-refractivity contribution in [1.29, 1.82) is 0 Å². The molecule has 21 heavy (non-hydrogen) atoms. The summed E-state index contributed by atoms with van der Waals surface area (Å²) in [6, 6.07) is 4.81. The Morgan fingerprint density at radius 3 is 2.90 bits per heavy atom. The van der Waals surface area contributed by atoms with Gasteiger partial charge in [-0.3, -0.25) is 0 Å². The van der Waals surface area contributed by atoms with Crippen molar-refractivity contribution in [3.8, 4) is 0 Å². The van der Waals surface area contributed by atoms with Gasteiger partial charge in [0.1, 0.15) is 5.82 Å². The Morgan fingerprint density at radius 2 is 2.19 bits per heavy atom. The van der Waals surface area contributed by atoms with Crippen LogP contribution in [0.4, 0.5) is 9.18 Å². The lowest BCUT2D eigenvalue weighted by atomic mass is 9.87. The normalized spacial score (nSPS) is 20.8. The zero-order chi connectivity index (χ0) is 14.8. The van der Waals surface area contributed by atoms with Gasteiger partial charge in [0.2, 0.25) is 0 Å². The highest BCUT2D eigenvalue weighted by atomic mass is 19.1. The van der Waals surface area contributed by atoms with E-state index in [2.05, 4.69) is 5.32 Å². The Labute approximate surface area is 124 Å². The largest absolute Gasteiger partial charge is 0.395 e. The van der Waals surface area contributed by atoms with Crippen LogP contribution in [0.5, 0.6) is 0 Å². The quantitative estimate of drug-likeness (QED) is 0.895. The average molecular weight is 292 g/mol. The number of aryl methyl sites for hydroxylation is 1. The van der Waals surface area contributed by atoms with Gasteiger partial charge < -0.3 is 15.3 Å². The number of carbonyl (C=O) groups excluding carboxylic acids is 1. The van der Waals surface area contributed by atoms with Crippen LogP contribution in [0.1, 0.15) is 42.9 Å². The molecule has 5 heteroatoms. The fraction of sp³-hybridized carbons (Fsp3) is 0.562. The Morgan fingerprint density at radius 1 is 1.38 bits per heavy atom. The lowest BCUT2D eigenvalue weighted by molar-refractivity contribution is 0.169. The number of benzene rings is 1. The van der Waals surface area contributed by atoms with Crippen molar-refractivity contribution in [2.24, 2.45) is 0 Å². The fourth-order valence-electron chi connectivity index (χ4n) is 3.10. The predicted molar refractivity (Wildman–Crippen MR) is 77.4 cm³/mol. The van der Waals surface area contributed by atoms with Crippen molar-refractivity contribution >= 4 is 6.03 Å². The van der Waals surface area contributed by atoms with Crippen LogP contribution in [-0.4, -0.2) is 35.2 Å². The number of rotatable bonds is 4. The summed E-state index contributed by atoms with van der Waals surface area (Å²) in [4.78, 5) is 14.1. The highest BCUT2D eigenvalue weighted by Crippen LogP contribution is 2.31. The van der Waals surface area contributed by atoms with Crippen LogP contribution in [0.15, 0.2) is 18.2 Å². The molecule has 3 rings (SSSR count). The monoisotopic (exact) mass is 292 g/mol. The molecule has 0 radical (unpaired) electrons. The second kappa shape index (κ2) is 6.02. The van der Waals surface area contributed by atoms with Crippen LogP contribution in [0.2, 0.25) is 0 Å². The van der Waals surface area contributed by atoms with Crippen LogP contribution < -0.4 is 5.32 Å². The van der Waals surface area contributed by atoms with E-state index in [0.717, 1.165) is 43.2 Å². The Hall–Kier alpha value is -1.62. The molecule has 2 amide bonds. The van der Waals surface area contributed by atoms with Crippen molar-refractivity contribution in [3.63, 3.8) is 0 Å². The first kappa shape index (κ1) is 14.3. The first-order chi connectivity index (χ1) is 10.2. The molecule has 2 aliphatic carbocycles. The minimum Gasteiger partial charge on any atom is -0.395 e. The molecular formula is C16H21FN2O2. The maximum Gasteiger partial charge on any atom is 0.318 e. The van der Waals surface area contributed by atoms with Crippen molar-refractivity contribution in [2.75, 3.05) is 13.2 Å². The molecule has 0 bridgehead atoms. The summed E-state index contributed by atoms with van der Waals surface area (Å²) in [6.07, 6.45) is 4.77. The maximum atomic E-state index is 13.5. The van der Waals surface area contributed by atoms with Gasteiger partial charge in [-0.25, -0.2) is 9.18 Å². The van der Waals surface area contributed by atoms with Gasteiger partial charge in [0.25, 0.3) is 0 Å². The number of aliphatic hydroxyl groups is 1. The van der Waals surface area contributed by atoms with Crippen molar-refractivity contribution in [3.05, 3.63) is 35.1 Å². The summed E-state index contributed by atoms with van der Waals surface area (Å²) < 4.78 is 13.5. The molecule has 0 heterocycles. The Kier molecular flexibility index (Phi) is 4.10. The van der Waals surface area contributed by atoms with Gasteiger partial charge >= 0.3 is 6.03 Å². The summed E-state index contributed by atoms with van der Waals surface area (Å²) in [6.45, 7) is 0.332. The molecule has 1 fully saturated rings. The Balaban J connectivity index is 1.73. The smallest absolute Gasteiger partial charge is 0.318 e. The number of nitrogens with one attached hydrogen (secondary N) is 1. The van der Waals surface area contributed by atoms with Crippen molar-refractivity contribution in [1.82, 2.24) is 10.2 Å². The summed E-state index contributed by atoms with van der Waals surface area (Å²) in [5.41, 5.74) is 2.02. The number of fused-ring (bicyclic) bond motifs is 1. The lowest BCUT2D eigenvalue weighted by Gasteiger charge is -2.30. The minimum atomic E-state index is -0.260. The average Bonchev–Trinajstić information content (AvgIpc) is 3.30. The minimum absolute atomic E-state index is 0.0280. The van der Waals surface area contributed by atoms with E-state index in [-0.39, 0.29) is 30.5 Å². The van der Waals surface area contributed by atoms with Gasteiger partial charge in [-0.1, -0.05) is 6.07 Å². The van der Waals surface area contributed by atoms with Crippen LogP contribution in [0.25, 0.3) is 0 Å². The molecule has 1 unspecified atom stereocenters. The highest BCUT2D eigenvalue weighted by Gasteiger charge is 2.33. The van der Waals surface area contributed by atoms with E-state index in [1.54, 1.807) is 4.90 Å². The molecule has 0 spiro atoms. The van der Waals surface area contributed by atoms with Crippen LogP contribution in [0, 0.1) is 5.82 Å². The maximum absolute atomic E-state index is 13.5. The summed E-state index contributed by atoms with van der Waals surface area (Å²) >= 11 is 0. The zero-order valence-electron chi connectivity index (χ0n) is 12.0. The number of hydrogen-bond acceptors (Lipinski definition) is 2. The van der Waals surface area contributed by atoms with E-state index in [0.29, 0.717) is 6.54 Å². The molecule has 1 saturated carbocycles. The fourth-order valence-corrected chi connectivity index (χ4v) is 3.10. The van der Waals surface area contributed by atoms with E-state index < -0.39 is 0 Å². The molecule has 2 aliphatic rings. The van der Waals surface area contributed by atoms with Gasteiger partial charge in [0.05, 0.1) is 12.6 Å². The van der Waals surface area contributed by atoms with Gasteiger partial charge in [0, 0.05) is 12.6 Å². The molecule has 1 aromatic rings. The number of aliphatic hydroxyl groups excluding tert-OH is 1. The summed E-state index contributed by atoms with van der Waals surface area (Å²) in [7, 11) is 0. The number of nitrogens with zero attached hydrogens (tertiary/aromatic N) is 1. The number of urea groups is 1. The summed E-state index contributed by atoms with van der Waals surface area (Å²) in [5.74, 6) is -0.260. The molecule has 0 aliphatic heterocycles. The molecular weight excluding hydrogens is 271 g/mol. The number of hydrogen-bond donors (Lipinski definition) is 2. The van der Waals surface area contributed by atoms with Crippen LogP contribution in [0.3, 0.4) is 0 Å². The van der Waals surface area contributed by atoms with E-state index in [9.17, 15) is 9.18 Å². The SMILES string of the molecule is O=C(NC1CCCc2ccc(F)cc21)N(CCO)C1CC1. The zero-order valence-corrected chi connectivity index (χ0v) is 12.0. The van der Waals surface area contributed by atoms with Crippen molar-refractivity contribution in [2.45, 2.75) is 44.2 Å². The predicted octanol–water partition coefficient (Wildman–Crippen LogP) is 2.37. The van der Waals surface area contributed by atoms with Crippen LogP contribution >= 0.6 is 0 Å². The van der Waals surface area contributed by atoms with Gasteiger partial charge in [-0.05, 0) is 55.4 Å². The van der Waals surface area contributed by atoms with Gasteiger partial charge in [0.15, 0.2) is 0 Å². The van der Waals surface area contributed by atoms with E-state index >= 15 is 0 Å². The molecule has 2 N–H and O–H groups in total. The molecule has 0 aromatic heterocycles. The third-order valence-corrected chi connectivity index (χ3v) is 4.31. The van der Waals surface area contributed by atoms with Gasteiger partial charge in [-0.2, -0.15) is 0 Å². The second-order valence-corrected chi connectivity index (χ2v) is 5.89. The van der Waals surface area contributed by atoms with E-state index in [4.69, 9.17) is 5.11 Å². The second-order valence-electron chi connectivity index (χ2n) is 5.89. The summed E-state index contributed by atoms with van der Waals surface area (Å²) in [5, 5.41) is 12.1. The van der Waals surface area contributed by atoms with E-state index in [1.165, 1.54) is 12.1 Å². The lowest BCUT2D eigenvalue weighted by Crippen LogP contribution is -2.44. The molecule has 0 saturated heterocycles. The number of carbonyl (C=O) groups is 1. The molecule has 4 nitrogen and oxygen atoms in total. The first-order valence-electron chi connectivity index (χ1n) is 7.65. The van der Waals surface area contributed by atoms with Crippen molar-refractivity contribution < 1.29 is 14.3 Å². The van der Waals surface area contributed by atoms with Gasteiger partial charge in [-0.15, -0.1) is 0 Å². The topological polar surface area (TPSA) is 52.6 Å². The molecule has 1 atom stereocenters. The molecule has 114 valence electrons. The van der Waals surface area contributed by atoms with E-state index in [1.807, 2.05) is 6.07 Å². The standard InChI is InChI=1S/C16H21FN2O2/c17-12-5-4-11-2-1-3-15(14(11)10-12)18-16(21)19(8-9-20)13-6-7-13/h4-5,10,13,15,20H,1-3,6-9H2,(H,18,21). The number of halogens is 1. The first-order valence-corrected chi connectivity index (χ1v) is 7.65.